The number of aromatic nitrogens is 1. The molecule has 0 atom stereocenters. The first kappa shape index (κ1) is 17.2. The Labute approximate surface area is 147 Å². The number of pyridine rings is 1. The number of rotatable bonds is 6. The van der Waals surface area contributed by atoms with E-state index in [0.29, 0.717) is 25.6 Å². The predicted molar refractivity (Wildman–Crippen MR) is 97.3 cm³/mol. The number of ether oxygens (including phenoxy) is 2. The number of carbonyl (C=O) groups excluding carboxylic acids is 1. The van der Waals surface area contributed by atoms with E-state index in [-0.39, 0.29) is 11.8 Å². The molecule has 0 unspecified atom stereocenters. The van der Waals surface area contributed by atoms with Crippen LogP contribution in [0.3, 0.4) is 0 Å². The molecule has 6 heteroatoms. The Morgan fingerprint density at radius 1 is 1.24 bits per heavy atom. The Morgan fingerprint density at radius 2 is 2.04 bits per heavy atom. The zero-order chi connectivity index (χ0) is 17.5. The van der Waals surface area contributed by atoms with Crippen LogP contribution in [-0.2, 0) is 9.53 Å². The number of hydrogen-bond acceptors (Lipinski definition) is 5. The Hall–Kier alpha value is -2.60. The van der Waals surface area contributed by atoms with Crippen molar-refractivity contribution in [1.29, 1.82) is 0 Å². The molecule has 1 saturated heterocycles. The van der Waals surface area contributed by atoms with Gasteiger partial charge in [-0.2, -0.15) is 0 Å². The van der Waals surface area contributed by atoms with E-state index in [9.17, 15) is 4.79 Å². The Balaban J connectivity index is 1.61. The Kier molecular flexibility index (Phi) is 5.85. The van der Waals surface area contributed by atoms with Gasteiger partial charge >= 0.3 is 0 Å². The van der Waals surface area contributed by atoms with E-state index in [1.807, 2.05) is 37.3 Å². The van der Waals surface area contributed by atoms with Crippen LogP contribution in [0, 0.1) is 5.92 Å². The van der Waals surface area contributed by atoms with Crippen molar-refractivity contribution < 1.29 is 14.3 Å². The summed E-state index contributed by atoms with van der Waals surface area (Å²) >= 11 is 0. The molecule has 0 aliphatic carbocycles. The number of amides is 1. The standard InChI is InChI=1S/C19H23N3O3/c1-2-25-17-6-4-3-5-16(17)21-15-7-8-18(20-13-15)22-19(23)14-9-11-24-12-10-14/h3-8,13-14,21H,2,9-12H2,1H3,(H,20,22,23). The molecule has 1 aliphatic heterocycles. The highest BCUT2D eigenvalue weighted by Gasteiger charge is 2.21. The van der Waals surface area contributed by atoms with Gasteiger partial charge in [0.25, 0.3) is 0 Å². The van der Waals surface area contributed by atoms with E-state index in [2.05, 4.69) is 15.6 Å². The molecule has 1 amide bonds. The largest absolute Gasteiger partial charge is 0.492 e. The topological polar surface area (TPSA) is 72.5 Å². The summed E-state index contributed by atoms with van der Waals surface area (Å²) in [6.07, 6.45) is 3.22. The highest BCUT2D eigenvalue weighted by molar-refractivity contribution is 5.91. The number of carbonyl (C=O) groups is 1. The summed E-state index contributed by atoms with van der Waals surface area (Å²) in [5, 5.41) is 6.16. The number of hydrogen-bond donors (Lipinski definition) is 2. The van der Waals surface area contributed by atoms with Gasteiger partial charge in [-0.15, -0.1) is 0 Å². The van der Waals surface area contributed by atoms with Crippen LogP contribution in [0.25, 0.3) is 0 Å². The van der Waals surface area contributed by atoms with Gasteiger partial charge in [0.15, 0.2) is 0 Å². The number of benzene rings is 1. The molecule has 0 saturated carbocycles. The van der Waals surface area contributed by atoms with Gasteiger partial charge in [0.2, 0.25) is 5.91 Å². The summed E-state index contributed by atoms with van der Waals surface area (Å²) in [6, 6.07) is 11.4. The van der Waals surface area contributed by atoms with Gasteiger partial charge in [0.05, 0.1) is 24.2 Å². The summed E-state index contributed by atoms with van der Waals surface area (Å²) in [5.41, 5.74) is 1.71. The third kappa shape index (κ3) is 4.70. The minimum absolute atomic E-state index is 0.00595. The quantitative estimate of drug-likeness (QED) is 0.840. The maximum atomic E-state index is 12.2. The minimum Gasteiger partial charge on any atom is -0.492 e. The molecule has 2 heterocycles. The van der Waals surface area contributed by atoms with Crippen LogP contribution in [0.5, 0.6) is 5.75 Å². The molecule has 25 heavy (non-hydrogen) atoms. The molecular weight excluding hydrogens is 318 g/mol. The summed E-state index contributed by atoms with van der Waals surface area (Å²) in [7, 11) is 0. The fourth-order valence-corrected chi connectivity index (χ4v) is 2.74. The minimum atomic E-state index is 0.00595. The van der Waals surface area contributed by atoms with Crippen molar-refractivity contribution in [2.75, 3.05) is 30.5 Å². The van der Waals surface area contributed by atoms with E-state index < -0.39 is 0 Å². The van der Waals surface area contributed by atoms with Gasteiger partial charge in [0.1, 0.15) is 11.6 Å². The number of nitrogens with zero attached hydrogens (tertiary/aromatic N) is 1. The zero-order valence-corrected chi connectivity index (χ0v) is 14.3. The Bertz CT molecular complexity index is 697. The third-order valence-corrected chi connectivity index (χ3v) is 4.07. The molecule has 2 N–H and O–H groups in total. The fraction of sp³-hybridized carbons (Fsp3) is 0.368. The molecule has 2 aromatic rings. The highest BCUT2D eigenvalue weighted by Crippen LogP contribution is 2.27. The lowest BCUT2D eigenvalue weighted by molar-refractivity contribution is -0.122. The zero-order valence-electron chi connectivity index (χ0n) is 14.3. The van der Waals surface area contributed by atoms with Crippen LogP contribution >= 0.6 is 0 Å². The summed E-state index contributed by atoms with van der Waals surface area (Å²) in [5.74, 6) is 1.37. The predicted octanol–water partition coefficient (Wildman–Crippen LogP) is 3.59. The van der Waals surface area contributed by atoms with Crippen LogP contribution < -0.4 is 15.4 Å². The summed E-state index contributed by atoms with van der Waals surface area (Å²) < 4.78 is 10.9. The maximum absolute atomic E-state index is 12.2. The van der Waals surface area contributed by atoms with Gasteiger partial charge in [-0.3, -0.25) is 4.79 Å². The smallest absolute Gasteiger partial charge is 0.228 e. The molecule has 1 fully saturated rings. The molecule has 3 rings (SSSR count). The van der Waals surface area contributed by atoms with E-state index in [1.54, 1.807) is 12.3 Å². The highest BCUT2D eigenvalue weighted by atomic mass is 16.5. The van der Waals surface area contributed by atoms with E-state index in [0.717, 1.165) is 30.0 Å². The number of para-hydroxylation sites is 2. The lowest BCUT2D eigenvalue weighted by atomic mass is 9.99. The van der Waals surface area contributed by atoms with Gasteiger partial charge in [-0.05, 0) is 44.0 Å². The normalized spacial score (nSPS) is 14.8. The van der Waals surface area contributed by atoms with Crippen LogP contribution in [0.2, 0.25) is 0 Å². The average molecular weight is 341 g/mol. The maximum Gasteiger partial charge on any atom is 0.228 e. The van der Waals surface area contributed by atoms with Crippen molar-refractivity contribution in [3.8, 4) is 5.75 Å². The van der Waals surface area contributed by atoms with Gasteiger partial charge in [-0.1, -0.05) is 12.1 Å². The SMILES string of the molecule is CCOc1ccccc1Nc1ccc(NC(=O)C2CCOCC2)nc1. The summed E-state index contributed by atoms with van der Waals surface area (Å²) in [6.45, 7) is 3.85. The number of nitrogens with one attached hydrogen (secondary N) is 2. The van der Waals surface area contributed by atoms with Crippen molar-refractivity contribution in [2.45, 2.75) is 19.8 Å². The molecule has 1 aromatic heterocycles. The number of anilines is 3. The van der Waals surface area contributed by atoms with Gasteiger partial charge in [-0.25, -0.2) is 4.98 Å². The first-order chi connectivity index (χ1) is 12.3. The van der Waals surface area contributed by atoms with Crippen LogP contribution in [0.4, 0.5) is 17.2 Å². The van der Waals surface area contributed by atoms with Crippen molar-refractivity contribution in [3.63, 3.8) is 0 Å². The monoisotopic (exact) mass is 341 g/mol. The van der Waals surface area contributed by atoms with Gasteiger partial charge in [0, 0.05) is 19.1 Å². The van der Waals surface area contributed by atoms with Crippen molar-refractivity contribution in [3.05, 3.63) is 42.6 Å². The molecule has 6 nitrogen and oxygen atoms in total. The lowest BCUT2D eigenvalue weighted by Gasteiger charge is -2.21. The van der Waals surface area contributed by atoms with Crippen molar-refractivity contribution >= 4 is 23.1 Å². The second-order valence-corrected chi connectivity index (χ2v) is 5.86. The second kappa shape index (κ2) is 8.48. The molecule has 0 radical (unpaired) electrons. The fourth-order valence-electron chi connectivity index (χ4n) is 2.74. The molecule has 0 bridgehead atoms. The van der Waals surface area contributed by atoms with Gasteiger partial charge < -0.3 is 20.1 Å². The first-order valence-electron chi connectivity index (χ1n) is 8.60. The summed E-state index contributed by atoms with van der Waals surface area (Å²) in [4.78, 5) is 16.5. The lowest BCUT2D eigenvalue weighted by Crippen LogP contribution is -2.28. The van der Waals surface area contributed by atoms with Crippen molar-refractivity contribution in [2.24, 2.45) is 5.92 Å². The van der Waals surface area contributed by atoms with E-state index in [1.165, 1.54) is 0 Å². The average Bonchev–Trinajstić information content (AvgIpc) is 2.66. The Morgan fingerprint density at radius 3 is 2.76 bits per heavy atom. The van der Waals surface area contributed by atoms with Crippen LogP contribution in [0.1, 0.15) is 19.8 Å². The van der Waals surface area contributed by atoms with Crippen LogP contribution in [-0.4, -0.2) is 30.7 Å². The molecule has 1 aromatic carbocycles. The third-order valence-electron chi connectivity index (χ3n) is 4.07. The first-order valence-corrected chi connectivity index (χ1v) is 8.60. The van der Waals surface area contributed by atoms with E-state index in [4.69, 9.17) is 9.47 Å². The van der Waals surface area contributed by atoms with Crippen molar-refractivity contribution in [1.82, 2.24) is 4.98 Å². The van der Waals surface area contributed by atoms with Crippen LogP contribution in [0.15, 0.2) is 42.6 Å². The molecule has 1 aliphatic rings. The second-order valence-electron chi connectivity index (χ2n) is 5.86. The molecule has 0 spiro atoms. The molecular formula is C19H23N3O3. The van der Waals surface area contributed by atoms with E-state index >= 15 is 0 Å². The molecule has 132 valence electrons.